The molecule has 2 N–H and O–H groups in total. The van der Waals surface area contributed by atoms with Crippen molar-refractivity contribution in [1.82, 2.24) is 20.0 Å². The fraction of sp³-hybridized carbons (Fsp3) is 0.429. The summed E-state index contributed by atoms with van der Waals surface area (Å²) in [5.74, 6) is -2.03. The molecule has 2 amide bonds. The highest BCUT2D eigenvalue weighted by atomic mass is 16.5. The van der Waals surface area contributed by atoms with E-state index in [2.05, 4.69) is 20.8 Å². The second-order valence-electron chi connectivity index (χ2n) is 9.40. The van der Waals surface area contributed by atoms with Gasteiger partial charge in [-0.3, -0.25) is 28.8 Å². The molecule has 42 heavy (non-hydrogen) atoms. The van der Waals surface area contributed by atoms with Crippen molar-refractivity contribution >= 4 is 47.0 Å². The molecule has 0 bridgehead atoms. The number of hydrogen-bond acceptors (Lipinski definition) is 12. The largest absolute Gasteiger partial charge is 0.464 e. The van der Waals surface area contributed by atoms with E-state index in [4.69, 9.17) is 9.47 Å². The summed E-state index contributed by atoms with van der Waals surface area (Å²) in [7, 11) is 0. The Balaban J connectivity index is 1.81. The van der Waals surface area contributed by atoms with Crippen molar-refractivity contribution in [2.24, 2.45) is 0 Å². The number of amides is 2. The van der Waals surface area contributed by atoms with Gasteiger partial charge < -0.3 is 29.9 Å². The lowest BCUT2D eigenvalue weighted by atomic mass is 9.84. The van der Waals surface area contributed by atoms with Crippen LogP contribution in [0.15, 0.2) is 24.3 Å². The zero-order valence-electron chi connectivity index (χ0n) is 24.0. The highest BCUT2D eigenvalue weighted by Gasteiger charge is 2.35. The summed E-state index contributed by atoms with van der Waals surface area (Å²) in [5, 5.41) is 14.4. The van der Waals surface area contributed by atoms with Gasteiger partial charge in [0.25, 0.3) is 0 Å². The van der Waals surface area contributed by atoms with Crippen LogP contribution in [-0.4, -0.2) is 108 Å². The SMILES string of the molecule is CC(=O)OCCN(CCNc1nnc(NCCN(CCOC(C)=O)C(C)=O)c2c1C(=O)c1ccccc1C2=O)C(C)=O. The maximum atomic E-state index is 13.6. The van der Waals surface area contributed by atoms with E-state index >= 15 is 0 Å². The highest BCUT2D eigenvalue weighted by molar-refractivity contribution is 6.31. The number of carbonyl (C=O) groups is 6. The molecule has 1 aliphatic rings. The number of esters is 2. The average molecular weight is 583 g/mol. The number of benzene rings is 1. The molecule has 0 unspecified atom stereocenters. The van der Waals surface area contributed by atoms with Crippen LogP contribution in [0, 0.1) is 0 Å². The number of aromatic nitrogens is 2. The van der Waals surface area contributed by atoms with Gasteiger partial charge in [-0.15, -0.1) is 10.2 Å². The Morgan fingerprint density at radius 2 is 1.05 bits per heavy atom. The first-order chi connectivity index (χ1) is 20.0. The third kappa shape index (κ3) is 8.08. The number of ether oxygens (including phenoxy) is 2. The van der Waals surface area contributed by atoms with Crippen LogP contribution in [0.5, 0.6) is 0 Å². The zero-order chi connectivity index (χ0) is 30.8. The third-order valence-corrected chi connectivity index (χ3v) is 6.42. The van der Waals surface area contributed by atoms with E-state index in [1.54, 1.807) is 24.3 Å². The lowest BCUT2D eigenvalue weighted by molar-refractivity contribution is -0.143. The Kier molecular flexibility index (Phi) is 11.0. The van der Waals surface area contributed by atoms with Crippen LogP contribution in [0.4, 0.5) is 11.6 Å². The molecule has 224 valence electrons. The predicted molar refractivity (Wildman–Crippen MR) is 150 cm³/mol. The summed E-state index contributed by atoms with van der Waals surface area (Å²) in [4.78, 5) is 76.3. The minimum absolute atomic E-state index is 0.0407. The van der Waals surface area contributed by atoms with Gasteiger partial charge >= 0.3 is 11.9 Å². The Morgan fingerprint density at radius 3 is 1.38 bits per heavy atom. The molecule has 0 atom stereocenters. The maximum Gasteiger partial charge on any atom is 0.302 e. The summed E-state index contributed by atoms with van der Waals surface area (Å²) in [6.45, 7) is 6.55. The normalized spacial score (nSPS) is 11.6. The molecule has 0 aliphatic heterocycles. The van der Waals surface area contributed by atoms with Crippen LogP contribution in [0.1, 0.15) is 59.5 Å². The Morgan fingerprint density at radius 1 is 0.667 bits per heavy atom. The smallest absolute Gasteiger partial charge is 0.302 e. The number of hydrogen-bond donors (Lipinski definition) is 2. The molecule has 1 aromatic carbocycles. The van der Waals surface area contributed by atoms with Crippen LogP contribution < -0.4 is 10.6 Å². The Bertz CT molecular complexity index is 1280. The number of fused-ring (bicyclic) bond motifs is 2. The maximum absolute atomic E-state index is 13.6. The first-order valence-corrected chi connectivity index (χ1v) is 13.4. The second-order valence-corrected chi connectivity index (χ2v) is 9.40. The predicted octanol–water partition coefficient (Wildman–Crippen LogP) is 0.899. The first kappa shape index (κ1) is 31.6. The molecule has 0 saturated heterocycles. The Labute approximate surface area is 242 Å². The molecule has 14 nitrogen and oxygen atoms in total. The van der Waals surface area contributed by atoms with E-state index in [0.717, 1.165) is 0 Å². The first-order valence-electron chi connectivity index (χ1n) is 13.4. The minimum Gasteiger partial charge on any atom is -0.464 e. The van der Waals surface area contributed by atoms with Gasteiger partial charge in [-0.2, -0.15) is 0 Å². The molecule has 1 heterocycles. The van der Waals surface area contributed by atoms with Crippen LogP contribution in [0.25, 0.3) is 0 Å². The van der Waals surface area contributed by atoms with Gasteiger partial charge in [-0.25, -0.2) is 0 Å². The fourth-order valence-electron chi connectivity index (χ4n) is 4.35. The van der Waals surface area contributed by atoms with E-state index in [0.29, 0.717) is 0 Å². The molecular weight excluding hydrogens is 548 g/mol. The standard InChI is InChI=1S/C28H34N6O8/c1-17(35)33(13-15-41-19(3)37)11-9-29-27-23-24(26(40)22-8-6-5-7-21(22)25(23)39)28(32-31-27)30-10-12-34(18(2)36)14-16-42-20(4)38/h5-8H,9-16H2,1-4H3,(H,29,31)(H,30,32). The van der Waals surface area contributed by atoms with Gasteiger partial charge in [0.05, 0.1) is 24.2 Å². The van der Waals surface area contributed by atoms with Crippen molar-refractivity contribution in [1.29, 1.82) is 0 Å². The Hall–Kier alpha value is -4.88. The number of rotatable bonds is 14. The molecule has 14 heteroatoms. The van der Waals surface area contributed by atoms with Gasteiger partial charge in [0.2, 0.25) is 11.8 Å². The number of nitrogens with zero attached hydrogens (tertiary/aromatic N) is 4. The van der Waals surface area contributed by atoms with Crippen molar-refractivity contribution < 1.29 is 38.2 Å². The summed E-state index contributed by atoms with van der Waals surface area (Å²) < 4.78 is 9.83. The quantitative estimate of drug-likeness (QED) is 0.257. The zero-order valence-corrected chi connectivity index (χ0v) is 24.0. The average Bonchev–Trinajstić information content (AvgIpc) is 2.93. The van der Waals surface area contributed by atoms with E-state index in [1.165, 1.54) is 37.5 Å². The molecule has 0 fully saturated rings. The van der Waals surface area contributed by atoms with Crippen molar-refractivity contribution in [3.8, 4) is 0 Å². The van der Waals surface area contributed by atoms with Crippen molar-refractivity contribution in [3.63, 3.8) is 0 Å². The summed E-state index contributed by atoms with van der Waals surface area (Å²) in [6.07, 6.45) is 0. The lowest BCUT2D eigenvalue weighted by Gasteiger charge is -2.24. The number of carbonyl (C=O) groups excluding carboxylic acids is 6. The molecule has 0 saturated carbocycles. The summed E-state index contributed by atoms with van der Waals surface area (Å²) in [6, 6.07) is 6.46. The second kappa shape index (κ2) is 14.7. The van der Waals surface area contributed by atoms with Gasteiger partial charge in [-0.1, -0.05) is 24.3 Å². The van der Waals surface area contributed by atoms with Gasteiger partial charge in [0.1, 0.15) is 13.2 Å². The summed E-state index contributed by atoms with van der Waals surface area (Å²) >= 11 is 0. The van der Waals surface area contributed by atoms with E-state index in [-0.39, 0.29) is 98.2 Å². The molecule has 3 rings (SSSR count). The van der Waals surface area contributed by atoms with Crippen LogP contribution in [-0.2, 0) is 28.7 Å². The molecule has 2 aromatic rings. The van der Waals surface area contributed by atoms with Gasteiger partial charge in [0.15, 0.2) is 23.2 Å². The number of ketones is 2. The van der Waals surface area contributed by atoms with Gasteiger partial charge in [-0.05, 0) is 0 Å². The molecule has 1 aliphatic carbocycles. The molecule has 0 radical (unpaired) electrons. The van der Waals surface area contributed by atoms with Crippen LogP contribution in [0.3, 0.4) is 0 Å². The van der Waals surface area contributed by atoms with Crippen LogP contribution >= 0.6 is 0 Å². The van der Waals surface area contributed by atoms with Crippen molar-refractivity contribution in [2.45, 2.75) is 27.7 Å². The minimum atomic E-state index is -0.452. The van der Waals surface area contributed by atoms with E-state index < -0.39 is 23.5 Å². The molecular formula is C28H34N6O8. The van der Waals surface area contributed by atoms with Crippen molar-refractivity contribution in [2.75, 3.05) is 63.1 Å². The van der Waals surface area contributed by atoms with Gasteiger partial charge in [0, 0.05) is 65.0 Å². The van der Waals surface area contributed by atoms with Crippen molar-refractivity contribution in [3.05, 3.63) is 46.5 Å². The van der Waals surface area contributed by atoms with E-state index in [9.17, 15) is 28.8 Å². The number of nitrogens with one attached hydrogen (secondary N) is 2. The number of anilines is 2. The summed E-state index contributed by atoms with van der Waals surface area (Å²) in [5.41, 5.74) is 0.557. The topological polar surface area (TPSA) is 177 Å². The molecule has 0 spiro atoms. The fourth-order valence-corrected chi connectivity index (χ4v) is 4.35. The third-order valence-electron chi connectivity index (χ3n) is 6.42. The molecule has 1 aromatic heterocycles. The van der Waals surface area contributed by atoms with E-state index in [1.807, 2.05) is 0 Å². The van der Waals surface area contributed by atoms with Crippen LogP contribution in [0.2, 0.25) is 0 Å². The lowest BCUT2D eigenvalue weighted by Crippen LogP contribution is -2.37. The monoisotopic (exact) mass is 582 g/mol. The highest BCUT2D eigenvalue weighted by Crippen LogP contribution is 2.34.